The van der Waals surface area contributed by atoms with E-state index in [2.05, 4.69) is 56.8 Å². The number of benzene rings is 3. The number of nitrogens with zero attached hydrogens (tertiary/aromatic N) is 10. The number of nitro groups is 1. The fourth-order valence-electron chi connectivity index (χ4n) is 9.17. The van der Waals surface area contributed by atoms with Gasteiger partial charge in [0.05, 0.1) is 50.8 Å². The van der Waals surface area contributed by atoms with Gasteiger partial charge in [-0.15, -0.1) is 0 Å². The average molecular weight is 1000 g/mol. The van der Waals surface area contributed by atoms with E-state index >= 15 is 4.39 Å². The number of pyridine rings is 1. The first-order chi connectivity index (χ1) is 32.0. The molecule has 3 aromatic carbocycles. The van der Waals surface area contributed by atoms with E-state index < -0.39 is 29.7 Å². The lowest BCUT2D eigenvalue weighted by Gasteiger charge is -2.40. The highest BCUT2D eigenvalue weighted by molar-refractivity contribution is 9.10. The van der Waals surface area contributed by atoms with Crippen LogP contribution < -0.4 is 40.7 Å². The number of carbonyl (C=O) groups is 2. The zero-order valence-electron chi connectivity index (χ0n) is 37.1. The molecule has 3 amide bonds. The molecule has 6 aromatic rings. The van der Waals surface area contributed by atoms with Gasteiger partial charge in [0.2, 0.25) is 11.9 Å². The summed E-state index contributed by atoms with van der Waals surface area (Å²) in [4.78, 5) is 57.3. The summed E-state index contributed by atoms with van der Waals surface area (Å²) >= 11 is 3.48. The average Bonchev–Trinajstić information content (AvgIpc) is 3.60. The zero-order chi connectivity index (χ0) is 47.3. The Morgan fingerprint density at radius 1 is 0.925 bits per heavy atom. The van der Waals surface area contributed by atoms with Gasteiger partial charge >= 0.3 is 6.03 Å². The number of aryl methyl sites for hydroxylation is 1. The van der Waals surface area contributed by atoms with E-state index in [0.717, 1.165) is 38.7 Å². The molecule has 350 valence electrons. The Morgan fingerprint density at radius 2 is 1.67 bits per heavy atom. The van der Waals surface area contributed by atoms with Gasteiger partial charge in [-0.3, -0.25) is 39.7 Å². The first-order valence-corrected chi connectivity index (χ1v) is 25.0. The number of amides is 3. The van der Waals surface area contributed by atoms with Crippen LogP contribution in [0, 0.1) is 27.7 Å². The molecule has 3 fully saturated rings. The molecule has 23 heteroatoms. The molecule has 3 aliphatic rings. The first-order valence-electron chi connectivity index (χ1n) is 21.6. The summed E-state index contributed by atoms with van der Waals surface area (Å²) in [5, 5.41) is 27.0. The Hall–Kier alpha value is -6.51. The predicted octanol–water partition coefficient (Wildman–Crippen LogP) is 7.09. The normalized spacial score (nSPS) is 16.5. The number of imide groups is 1. The van der Waals surface area contributed by atoms with Gasteiger partial charge in [0.25, 0.3) is 5.69 Å². The van der Waals surface area contributed by atoms with Gasteiger partial charge in [-0.05, 0) is 78.4 Å². The standard InChI is InChI=1S/C44H47BrF2N13O6P/c1-55-34-20-35(30(47)18-28(34)42(54-55)59-12-9-39(61)52-44(59)62)58-15-13-56(14-16-58)24-25-7-10-57(11-8-25)36-21-38(66-2)33(19-37(36)60(63)64)51-43-49-23-29(45)41(53-43)50-32-6-5-31-27(17-26(46)22-48-31)40(32)67(3,4)65/h5-6,17-23,25H,7-16,24H2,1-4H3,(H,52,61,62)(H2,49,50,51,53). The van der Waals surface area contributed by atoms with Crippen molar-refractivity contribution in [1.29, 1.82) is 0 Å². The van der Waals surface area contributed by atoms with Crippen molar-refractivity contribution in [3.63, 3.8) is 0 Å². The molecule has 67 heavy (non-hydrogen) atoms. The van der Waals surface area contributed by atoms with Gasteiger partial charge in [0.1, 0.15) is 36.0 Å². The summed E-state index contributed by atoms with van der Waals surface area (Å²) in [5.74, 6) is 0.0765. The second-order valence-corrected chi connectivity index (χ2v) is 21.2. The third kappa shape index (κ3) is 9.29. The number of anilines is 7. The van der Waals surface area contributed by atoms with Crippen molar-refractivity contribution >= 4 is 108 Å². The van der Waals surface area contributed by atoms with Crippen LogP contribution >= 0.6 is 23.1 Å². The minimum atomic E-state index is -2.98. The Balaban J connectivity index is 0.841. The minimum absolute atomic E-state index is 0.0949. The smallest absolute Gasteiger partial charge is 0.329 e. The Morgan fingerprint density at radius 3 is 2.37 bits per heavy atom. The number of ether oxygens (including phenoxy) is 1. The number of rotatable bonds is 12. The molecule has 0 saturated carbocycles. The lowest BCUT2D eigenvalue weighted by Crippen LogP contribution is -2.49. The maximum Gasteiger partial charge on any atom is 0.329 e. The molecule has 0 unspecified atom stereocenters. The number of methoxy groups -OCH3 is 1. The molecule has 0 bridgehead atoms. The SMILES string of the molecule is COc1cc(N2CCC(CN3CCN(c4cc5c(cc4F)c(N4CCC(=O)NC4=O)nn5C)CC3)CC2)c([N+](=O)[O-])cc1Nc1ncc(Br)c(Nc2ccc3ncc(F)cc3c2P(C)(C)=O)n1. The number of piperidine rings is 1. The largest absolute Gasteiger partial charge is 0.494 e. The summed E-state index contributed by atoms with van der Waals surface area (Å²) < 4.78 is 51.4. The number of hydrogen-bond acceptors (Lipinski definition) is 15. The van der Waals surface area contributed by atoms with E-state index in [1.807, 2.05) is 9.80 Å². The van der Waals surface area contributed by atoms with Crippen molar-refractivity contribution in [2.75, 3.05) is 98.1 Å². The molecule has 6 heterocycles. The molecule has 19 nitrogen and oxygen atoms in total. The molecule has 3 aromatic heterocycles. The maximum atomic E-state index is 15.7. The quantitative estimate of drug-likeness (QED) is 0.0635. The molecule has 3 N–H and O–H groups in total. The number of carbonyl (C=O) groups excluding carboxylic acids is 2. The number of aromatic nitrogens is 5. The Kier molecular flexibility index (Phi) is 12.5. The Bertz CT molecular complexity index is 3010. The van der Waals surface area contributed by atoms with Gasteiger partial charge in [-0.1, -0.05) is 0 Å². The molecule has 3 saturated heterocycles. The van der Waals surface area contributed by atoms with E-state index in [9.17, 15) is 28.7 Å². The van der Waals surface area contributed by atoms with Crippen molar-refractivity contribution in [2.24, 2.45) is 13.0 Å². The highest BCUT2D eigenvalue weighted by Gasteiger charge is 2.32. The van der Waals surface area contributed by atoms with Crippen LogP contribution in [0.25, 0.3) is 21.8 Å². The van der Waals surface area contributed by atoms with Crippen LogP contribution in [0.5, 0.6) is 5.75 Å². The van der Waals surface area contributed by atoms with E-state index in [4.69, 9.17) is 4.74 Å². The topological polar surface area (TPSA) is 209 Å². The van der Waals surface area contributed by atoms with Crippen LogP contribution in [-0.2, 0) is 16.4 Å². The number of nitro benzene ring substituents is 1. The predicted molar refractivity (Wildman–Crippen MR) is 256 cm³/mol. The van der Waals surface area contributed by atoms with E-state index in [-0.39, 0.29) is 36.2 Å². The monoisotopic (exact) mass is 1000 g/mol. The fourth-order valence-corrected chi connectivity index (χ4v) is 10.9. The molecule has 3 aliphatic heterocycles. The summed E-state index contributed by atoms with van der Waals surface area (Å²) in [6.45, 7) is 8.09. The highest BCUT2D eigenvalue weighted by Crippen LogP contribution is 2.43. The third-order valence-corrected chi connectivity index (χ3v) is 14.6. The molecule has 9 rings (SSSR count). The van der Waals surface area contributed by atoms with Crippen molar-refractivity contribution in [3.05, 3.63) is 81.1 Å². The lowest BCUT2D eigenvalue weighted by atomic mass is 9.95. The number of piperazine rings is 1. The van der Waals surface area contributed by atoms with Crippen molar-refractivity contribution < 1.29 is 32.6 Å². The zero-order valence-corrected chi connectivity index (χ0v) is 39.5. The van der Waals surface area contributed by atoms with E-state index in [1.165, 1.54) is 36.4 Å². The number of halogens is 3. The van der Waals surface area contributed by atoms with Crippen molar-refractivity contribution in [2.45, 2.75) is 19.3 Å². The van der Waals surface area contributed by atoms with Crippen LogP contribution in [-0.4, -0.2) is 119 Å². The Labute approximate surface area is 391 Å². The molecular formula is C44H47BrF2N13O6P. The van der Waals surface area contributed by atoms with E-state index in [0.29, 0.717) is 98.1 Å². The van der Waals surface area contributed by atoms with Gasteiger partial charge in [-0.2, -0.15) is 10.1 Å². The fraction of sp³-hybridized carbons (Fsp3) is 0.364. The second-order valence-electron chi connectivity index (χ2n) is 17.2. The number of fused-ring (bicyclic) bond motifs is 2. The lowest BCUT2D eigenvalue weighted by molar-refractivity contribution is -0.384. The molecule has 0 spiro atoms. The van der Waals surface area contributed by atoms with Gasteiger partial charge in [0, 0.05) is 100 Å². The van der Waals surface area contributed by atoms with Gasteiger partial charge < -0.3 is 29.7 Å². The second kappa shape index (κ2) is 18.3. The number of nitrogens with one attached hydrogen (secondary N) is 3. The number of hydrogen-bond donors (Lipinski definition) is 3. The number of urea groups is 1. The summed E-state index contributed by atoms with van der Waals surface area (Å²) in [6, 6.07) is 10.4. The molecule has 0 atom stereocenters. The molecule has 0 aliphatic carbocycles. The summed E-state index contributed by atoms with van der Waals surface area (Å²) in [6.07, 6.45) is 4.37. The third-order valence-electron chi connectivity index (χ3n) is 12.5. The van der Waals surface area contributed by atoms with Crippen molar-refractivity contribution in [1.82, 2.24) is 34.9 Å². The van der Waals surface area contributed by atoms with Crippen LogP contribution in [0.4, 0.5) is 59.6 Å². The highest BCUT2D eigenvalue weighted by atomic mass is 79.9. The van der Waals surface area contributed by atoms with Gasteiger partial charge in [0.15, 0.2) is 5.82 Å². The van der Waals surface area contributed by atoms with Crippen LogP contribution in [0.3, 0.4) is 0 Å². The van der Waals surface area contributed by atoms with Crippen LogP contribution in [0.1, 0.15) is 19.3 Å². The summed E-state index contributed by atoms with van der Waals surface area (Å²) in [5.41, 5.74) is 2.67. The first kappa shape index (κ1) is 45.6. The molecular weight excluding hydrogens is 955 g/mol. The summed E-state index contributed by atoms with van der Waals surface area (Å²) in [7, 11) is 0.246. The molecule has 0 radical (unpaired) electrons. The van der Waals surface area contributed by atoms with E-state index in [1.54, 1.807) is 49.3 Å². The van der Waals surface area contributed by atoms with Crippen LogP contribution in [0.15, 0.2) is 59.3 Å². The van der Waals surface area contributed by atoms with Crippen LogP contribution in [0.2, 0.25) is 0 Å². The maximum absolute atomic E-state index is 15.7. The minimum Gasteiger partial charge on any atom is -0.494 e. The van der Waals surface area contributed by atoms with Gasteiger partial charge in [-0.25, -0.2) is 18.6 Å². The van der Waals surface area contributed by atoms with Crippen molar-refractivity contribution in [3.8, 4) is 5.75 Å².